The first-order valence-corrected chi connectivity index (χ1v) is 9.74. The van der Waals surface area contributed by atoms with Gasteiger partial charge in [0.1, 0.15) is 10.3 Å². The second-order valence-corrected chi connectivity index (χ2v) is 9.98. The number of nitrogens with one attached hydrogen (secondary N) is 1. The highest BCUT2D eigenvalue weighted by Gasteiger charge is 2.20. The first kappa shape index (κ1) is 16.4. The van der Waals surface area contributed by atoms with Gasteiger partial charge < -0.3 is 4.74 Å². The van der Waals surface area contributed by atoms with Gasteiger partial charge in [0, 0.05) is 18.5 Å². The summed E-state index contributed by atoms with van der Waals surface area (Å²) in [7, 11) is -1.98. The Morgan fingerprint density at radius 2 is 2.10 bits per heavy atom. The molecule has 0 aliphatic heterocycles. The van der Waals surface area contributed by atoms with Crippen LogP contribution < -0.4 is 4.72 Å². The van der Waals surface area contributed by atoms with Gasteiger partial charge in [0.15, 0.2) is 0 Å². The molecule has 1 unspecified atom stereocenters. The lowest BCUT2D eigenvalue weighted by molar-refractivity contribution is 0.110. The fourth-order valence-electron chi connectivity index (χ4n) is 1.50. The molecule has 0 spiro atoms. The van der Waals surface area contributed by atoms with Gasteiger partial charge >= 0.3 is 0 Å². The van der Waals surface area contributed by atoms with Gasteiger partial charge in [-0.05, 0) is 40.2 Å². The molecule has 0 aliphatic rings. The molecule has 0 saturated heterocycles. The Balaban J connectivity index is 2.06. The molecule has 0 bridgehead atoms. The summed E-state index contributed by atoms with van der Waals surface area (Å²) in [4.78, 5) is 0.882. The number of methoxy groups -OCH3 is 1. The van der Waals surface area contributed by atoms with E-state index in [9.17, 15) is 8.42 Å². The summed E-state index contributed by atoms with van der Waals surface area (Å²) in [5.74, 6) is 0. The summed E-state index contributed by atoms with van der Waals surface area (Å²) in [6.45, 7) is 0.158. The number of ether oxygens (including phenoxy) is 1. The van der Waals surface area contributed by atoms with Crippen molar-refractivity contribution in [2.45, 2.75) is 10.3 Å². The Kier molecular flexibility index (Phi) is 5.63. The minimum absolute atomic E-state index is 0.158. The topological polar surface area (TPSA) is 55.4 Å². The maximum absolute atomic E-state index is 12.1. The van der Waals surface area contributed by atoms with Crippen LogP contribution in [0.4, 0.5) is 0 Å². The molecule has 20 heavy (non-hydrogen) atoms. The number of hydrogen-bond donors (Lipinski definition) is 1. The van der Waals surface area contributed by atoms with Gasteiger partial charge in [-0.15, -0.1) is 22.7 Å². The van der Waals surface area contributed by atoms with E-state index in [4.69, 9.17) is 16.3 Å². The summed E-state index contributed by atoms with van der Waals surface area (Å²) in [5.41, 5.74) is 0. The van der Waals surface area contributed by atoms with Crippen molar-refractivity contribution in [3.63, 3.8) is 0 Å². The largest absolute Gasteiger partial charge is 0.375 e. The van der Waals surface area contributed by atoms with E-state index in [1.54, 1.807) is 18.2 Å². The highest BCUT2D eigenvalue weighted by atomic mass is 79.9. The van der Waals surface area contributed by atoms with E-state index in [-0.39, 0.29) is 16.9 Å². The van der Waals surface area contributed by atoms with Crippen LogP contribution in [0.2, 0.25) is 4.34 Å². The molecule has 1 N–H and O–H groups in total. The minimum Gasteiger partial charge on any atom is -0.375 e. The molecule has 2 rings (SSSR count). The van der Waals surface area contributed by atoms with Gasteiger partial charge in [0.2, 0.25) is 10.0 Å². The van der Waals surface area contributed by atoms with Gasteiger partial charge in [-0.3, -0.25) is 0 Å². The second kappa shape index (κ2) is 6.87. The van der Waals surface area contributed by atoms with Crippen LogP contribution in [0.3, 0.4) is 0 Å². The third-order valence-corrected chi connectivity index (χ3v) is 7.33. The van der Waals surface area contributed by atoms with Crippen molar-refractivity contribution < 1.29 is 13.2 Å². The minimum atomic E-state index is -3.52. The maximum atomic E-state index is 12.1. The highest BCUT2D eigenvalue weighted by Crippen LogP contribution is 2.29. The zero-order valence-electron chi connectivity index (χ0n) is 10.3. The van der Waals surface area contributed by atoms with Crippen molar-refractivity contribution in [3.05, 3.63) is 37.3 Å². The fourth-order valence-corrected chi connectivity index (χ4v) is 5.72. The third-order valence-electron chi connectivity index (χ3n) is 2.47. The molecule has 110 valence electrons. The molecule has 4 nitrogen and oxygen atoms in total. The zero-order chi connectivity index (χ0) is 14.8. The van der Waals surface area contributed by atoms with Gasteiger partial charge in [0.05, 0.1) is 8.12 Å². The van der Waals surface area contributed by atoms with Gasteiger partial charge in [-0.1, -0.05) is 11.6 Å². The smallest absolute Gasteiger partial charge is 0.250 e. The van der Waals surface area contributed by atoms with Gasteiger partial charge in [-0.25, -0.2) is 13.1 Å². The van der Waals surface area contributed by atoms with E-state index >= 15 is 0 Å². The molecule has 0 radical (unpaired) electrons. The highest BCUT2D eigenvalue weighted by molar-refractivity contribution is 9.11. The first-order chi connectivity index (χ1) is 9.42. The summed E-state index contributed by atoms with van der Waals surface area (Å²) in [6, 6.07) is 6.85. The van der Waals surface area contributed by atoms with Crippen molar-refractivity contribution in [1.82, 2.24) is 4.72 Å². The molecule has 2 heterocycles. The molecule has 0 aromatic carbocycles. The van der Waals surface area contributed by atoms with E-state index in [1.165, 1.54) is 18.4 Å². The predicted molar refractivity (Wildman–Crippen MR) is 86.3 cm³/mol. The second-order valence-electron chi connectivity index (χ2n) is 3.78. The summed E-state index contributed by atoms with van der Waals surface area (Å²) in [6.07, 6.45) is -0.356. The Bertz CT molecular complexity index is 683. The number of thiophene rings is 2. The van der Waals surface area contributed by atoms with Crippen LogP contribution in [-0.4, -0.2) is 22.1 Å². The van der Waals surface area contributed by atoms with Crippen LogP contribution in [-0.2, 0) is 14.8 Å². The van der Waals surface area contributed by atoms with E-state index in [1.807, 2.05) is 6.07 Å². The standard InChI is InChI=1S/C11H11BrClNO3S3/c1-17-7(8-2-4-10(13)18-8)6-14-20(15,16)11-5-3-9(12)19-11/h2-5,7,14H,6H2,1H3. The number of hydrogen-bond acceptors (Lipinski definition) is 5. The van der Waals surface area contributed by atoms with Crippen molar-refractivity contribution in [1.29, 1.82) is 0 Å². The molecule has 0 amide bonds. The Morgan fingerprint density at radius 1 is 1.35 bits per heavy atom. The monoisotopic (exact) mass is 415 g/mol. The van der Waals surface area contributed by atoms with Crippen LogP contribution in [0.15, 0.2) is 32.3 Å². The van der Waals surface area contributed by atoms with Crippen LogP contribution >= 0.6 is 50.2 Å². The summed E-state index contributed by atoms with van der Waals surface area (Å²) in [5, 5.41) is 0. The molecule has 0 saturated carbocycles. The number of rotatable bonds is 6. The van der Waals surface area contributed by atoms with E-state index < -0.39 is 10.0 Å². The molecule has 1 atom stereocenters. The fraction of sp³-hybridized carbons (Fsp3) is 0.273. The molecule has 0 aliphatic carbocycles. The predicted octanol–water partition coefficient (Wildman–Crippen LogP) is 3.89. The van der Waals surface area contributed by atoms with Crippen molar-refractivity contribution >= 4 is 60.2 Å². The molecule has 2 aromatic rings. The van der Waals surface area contributed by atoms with Crippen molar-refractivity contribution in [2.75, 3.05) is 13.7 Å². The number of halogens is 2. The van der Waals surface area contributed by atoms with E-state index in [0.29, 0.717) is 4.34 Å². The maximum Gasteiger partial charge on any atom is 0.250 e. The Labute approximate surface area is 138 Å². The average molecular weight is 417 g/mol. The number of sulfonamides is 1. The van der Waals surface area contributed by atoms with Gasteiger partial charge in [-0.2, -0.15) is 0 Å². The normalized spacial score (nSPS) is 13.6. The van der Waals surface area contributed by atoms with Gasteiger partial charge in [0.25, 0.3) is 0 Å². The van der Waals surface area contributed by atoms with Crippen LogP contribution in [0.5, 0.6) is 0 Å². The Morgan fingerprint density at radius 3 is 2.60 bits per heavy atom. The lowest BCUT2D eigenvalue weighted by atomic mass is 10.3. The first-order valence-electron chi connectivity index (χ1n) is 5.45. The molecular weight excluding hydrogens is 406 g/mol. The average Bonchev–Trinajstić information content (AvgIpc) is 2.99. The van der Waals surface area contributed by atoms with Crippen molar-refractivity contribution in [2.24, 2.45) is 0 Å². The van der Waals surface area contributed by atoms with Crippen molar-refractivity contribution in [3.8, 4) is 0 Å². The Hall–Kier alpha value is 0.0400. The van der Waals surface area contributed by atoms with E-state index in [2.05, 4.69) is 20.7 Å². The summed E-state index contributed by atoms with van der Waals surface area (Å²) >= 11 is 11.6. The molecule has 0 fully saturated rings. The van der Waals surface area contributed by atoms with Crippen LogP contribution in [0.25, 0.3) is 0 Å². The lowest BCUT2D eigenvalue weighted by Crippen LogP contribution is -2.28. The van der Waals surface area contributed by atoms with Crippen LogP contribution in [0.1, 0.15) is 11.0 Å². The quantitative estimate of drug-likeness (QED) is 0.777. The van der Waals surface area contributed by atoms with E-state index in [0.717, 1.165) is 20.0 Å². The lowest BCUT2D eigenvalue weighted by Gasteiger charge is -2.14. The SMILES string of the molecule is COC(CNS(=O)(=O)c1ccc(Br)s1)c1ccc(Cl)s1. The summed E-state index contributed by atoms with van der Waals surface area (Å²) < 4.78 is 33.7. The molecule has 9 heteroatoms. The van der Waals surface area contributed by atoms with Crippen LogP contribution in [0, 0.1) is 0 Å². The molecular formula is C11H11BrClNO3S3. The molecule has 2 aromatic heterocycles. The third kappa shape index (κ3) is 4.03. The zero-order valence-corrected chi connectivity index (χ0v) is 15.1.